The topological polar surface area (TPSA) is 111 Å². The molecule has 76 heavy (non-hydrogen) atoms. The van der Waals surface area contributed by atoms with E-state index in [4.69, 9.17) is 18.5 Å². The van der Waals surface area contributed by atoms with E-state index in [0.717, 1.165) is 122 Å². The molecule has 0 rings (SSSR count). The monoisotopic (exact) mass is 1070 g/mol. The van der Waals surface area contributed by atoms with Gasteiger partial charge >= 0.3 is 11.9 Å². The second kappa shape index (κ2) is 55.1. The normalized spacial score (nSPS) is 14.6. The van der Waals surface area contributed by atoms with Crippen LogP contribution in [0.15, 0.2) is 170 Å². The number of carbonyl (C=O) groups excluding carboxylic acids is 2. The number of carbonyl (C=O) groups is 2. The molecule has 10 heteroatoms. The Morgan fingerprint density at radius 3 is 1.09 bits per heavy atom. The first-order chi connectivity index (χ1) is 37.0. The first-order valence-electron chi connectivity index (χ1n) is 28.8. The zero-order valence-corrected chi connectivity index (χ0v) is 49.0. The van der Waals surface area contributed by atoms with Crippen LogP contribution in [0.25, 0.3) is 0 Å². The Kier molecular flexibility index (Phi) is 51.8. The van der Waals surface area contributed by atoms with E-state index < -0.39 is 32.5 Å². The van der Waals surface area contributed by atoms with E-state index in [0.29, 0.717) is 30.3 Å². The second-order valence-corrected chi connectivity index (χ2v) is 20.9. The predicted octanol–water partition coefficient (Wildman–Crippen LogP) is 17.6. The average molecular weight is 1070 g/mol. The van der Waals surface area contributed by atoms with Gasteiger partial charge in [0.25, 0.3) is 7.82 Å². The Balaban J connectivity index is 4.35. The number of phosphoric acid groups is 1. The summed E-state index contributed by atoms with van der Waals surface area (Å²) in [5.41, 5.74) is 0. The zero-order valence-electron chi connectivity index (χ0n) is 48.1. The van der Waals surface area contributed by atoms with Crippen LogP contribution in [-0.2, 0) is 32.7 Å². The lowest BCUT2D eigenvalue weighted by atomic mass is 10.1. The largest absolute Gasteiger partial charge is 0.756 e. The van der Waals surface area contributed by atoms with Gasteiger partial charge in [-0.1, -0.05) is 216 Å². The van der Waals surface area contributed by atoms with Crippen molar-refractivity contribution in [3.05, 3.63) is 170 Å². The van der Waals surface area contributed by atoms with Gasteiger partial charge < -0.3 is 27.9 Å². The molecule has 0 saturated heterocycles. The molecule has 0 spiro atoms. The highest BCUT2D eigenvalue weighted by Crippen LogP contribution is 2.38. The van der Waals surface area contributed by atoms with Crippen LogP contribution in [0.4, 0.5) is 0 Å². The number of hydrogen-bond acceptors (Lipinski definition) is 8. The van der Waals surface area contributed by atoms with E-state index in [1.54, 1.807) is 0 Å². The molecule has 0 bridgehead atoms. The van der Waals surface area contributed by atoms with Crippen molar-refractivity contribution >= 4 is 19.8 Å². The minimum absolute atomic E-state index is 0.0532. The highest BCUT2D eigenvalue weighted by atomic mass is 31.2. The zero-order chi connectivity index (χ0) is 55.6. The number of esters is 2. The highest BCUT2D eigenvalue weighted by molar-refractivity contribution is 7.45. The van der Waals surface area contributed by atoms with Crippen molar-refractivity contribution in [1.29, 1.82) is 0 Å². The number of ether oxygens (including phenoxy) is 2. The van der Waals surface area contributed by atoms with Gasteiger partial charge in [-0.05, 0) is 122 Å². The van der Waals surface area contributed by atoms with Crippen LogP contribution < -0.4 is 4.89 Å². The molecule has 0 aliphatic carbocycles. The summed E-state index contributed by atoms with van der Waals surface area (Å²) in [5, 5.41) is 0. The Hall–Kier alpha value is -4.63. The molecule has 0 aliphatic rings. The number of rotatable bonds is 50. The molecule has 2 atom stereocenters. The maximum atomic E-state index is 12.8. The average Bonchev–Trinajstić information content (AvgIpc) is 3.38. The van der Waals surface area contributed by atoms with Crippen molar-refractivity contribution in [2.45, 2.75) is 187 Å². The van der Waals surface area contributed by atoms with E-state index in [2.05, 4.69) is 178 Å². The molecule has 0 radical (unpaired) electrons. The molecule has 426 valence electrons. The molecular formula is C66H104NO8P. The van der Waals surface area contributed by atoms with Crippen LogP contribution in [0, 0.1) is 0 Å². The third-order valence-corrected chi connectivity index (χ3v) is 12.2. The van der Waals surface area contributed by atoms with Crippen molar-refractivity contribution in [3.63, 3.8) is 0 Å². The molecule has 0 aromatic rings. The quantitative estimate of drug-likeness (QED) is 0.0195. The number of quaternary nitrogens is 1. The third-order valence-electron chi connectivity index (χ3n) is 11.2. The standard InChI is InChI=1S/C66H104NO8P/c1-6-8-10-12-14-16-18-20-22-24-26-28-30-31-32-33-34-35-37-39-41-43-45-47-49-51-53-55-57-59-66(69)75-64(63-74-76(70,71)73-61-60-67(3,4)5)62-72-65(68)58-56-54-52-50-48-46-44-42-40-38-36-29-27-25-23-21-19-17-15-13-11-9-7-2/h8-11,14-17,20-23,26-29,31-32,34-35,38-41,44,46,50,52,64H,6-7,12-13,18-19,24-25,30,33,36-37,42-43,45,47-49,51,53-63H2,1-5H3/b10-8-,11-9-,16-14-,17-15-,22-20-,23-21-,28-26-,29-27-,32-31-,35-34-,40-38-,41-39-,46-44-,52-50-. The number of hydrogen-bond donors (Lipinski definition) is 0. The van der Waals surface area contributed by atoms with Crippen molar-refractivity contribution in [3.8, 4) is 0 Å². The Morgan fingerprint density at radius 1 is 0.408 bits per heavy atom. The van der Waals surface area contributed by atoms with E-state index >= 15 is 0 Å². The summed E-state index contributed by atoms with van der Waals surface area (Å²) < 4.78 is 34.1. The fraction of sp³-hybridized carbons (Fsp3) is 0.545. The molecule has 0 aromatic carbocycles. The van der Waals surface area contributed by atoms with E-state index in [1.807, 2.05) is 27.2 Å². The predicted molar refractivity (Wildman–Crippen MR) is 323 cm³/mol. The number of phosphoric ester groups is 1. The SMILES string of the molecule is CC/C=C\C/C=C\C/C=C\C/C=C\C/C=C\C/C=C\C/C=C\CCCCCCCCCC(=O)OC(COC(=O)CCC/C=C\C/C=C\C/C=C\C/C=C\C/C=C\C/C=C\C/C=C\CC)COP(=O)([O-])OCC[N+](C)(C)C. The van der Waals surface area contributed by atoms with Gasteiger partial charge in [0, 0.05) is 12.8 Å². The summed E-state index contributed by atoms with van der Waals surface area (Å²) in [5.74, 6) is -0.933. The number of nitrogens with zero attached hydrogens (tertiary/aromatic N) is 1. The third kappa shape index (κ3) is 58.6. The minimum Gasteiger partial charge on any atom is -0.756 e. The van der Waals surface area contributed by atoms with Gasteiger partial charge in [-0.3, -0.25) is 14.2 Å². The second-order valence-electron chi connectivity index (χ2n) is 19.5. The van der Waals surface area contributed by atoms with Gasteiger partial charge in [-0.25, -0.2) is 0 Å². The first-order valence-corrected chi connectivity index (χ1v) is 30.3. The first kappa shape index (κ1) is 71.4. The summed E-state index contributed by atoms with van der Waals surface area (Å²) in [7, 11) is 1.10. The lowest BCUT2D eigenvalue weighted by Crippen LogP contribution is -2.37. The van der Waals surface area contributed by atoms with E-state index in [-0.39, 0.29) is 26.1 Å². The maximum absolute atomic E-state index is 12.8. The summed E-state index contributed by atoms with van der Waals surface area (Å²) in [6.07, 6.45) is 84.0. The van der Waals surface area contributed by atoms with E-state index in [9.17, 15) is 19.0 Å². The lowest BCUT2D eigenvalue weighted by molar-refractivity contribution is -0.870. The number of unbranched alkanes of at least 4 members (excludes halogenated alkanes) is 8. The van der Waals surface area contributed by atoms with Gasteiger partial charge in [0.05, 0.1) is 27.7 Å². The van der Waals surface area contributed by atoms with Crippen LogP contribution in [0.5, 0.6) is 0 Å². The molecule has 9 nitrogen and oxygen atoms in total. The Labute approximate surface area is 464 Å². The van der Waals surface area contributed by atoms with Gasteiger partial charge in [0.15, 0.2) is 6.10 Å². The van der Waals surface area contributed by atoms with Crippen LogP contribution >= 0.6 is 7.82 Å². The van der Waals surface area contributed by atoms with Gasteiger partial charge in [-0.2, -0.15) is 0 Å². The molecule has 0 saturated carbocycles. The number of allylic oxidation sites excluding steroid dienone is 28. The highest BCUT2D eigenvalue weighted by Gasteiger charge is 2.21. The van der Waals surface area contributed by atoms with Gasteiger partial charge in [-0.15, -0.1) is 0 Å². The summed E-state index contributed by atoms with van der Waals surface area (Å²) in [4.78, 5) is 37.9. The van der Waals surface area contributed by atoms with Crippen molar-refractivity contribution < 1.29 is 42.1 Å². The maximum Gasteiger partial charge on any atom is 0.306 e. The smallest absolute Gasteiger partial charge is 0.306 e. The molecule has 0 heterocycles. The summed E-state index contributed by atoms with van der Waals surface area (Å²) in [6, 6.07) is 0. The van der Waals surface area contributed by atoms with E-state index in [1.165, 1.54) is 12.8 Å². The molecule has 2 unspecified atom stereocenters. The van der Waals surface area contributed by atoms with Crippen LogP contribution in [0.1, 0.15) is 181 Å². The van der Waals surface area contributed by atoms with Gasteiger partial charge in [0.2, 0.25) is 0 Å². The summed E-state index contributed by atoms with van der Waals surface area (Å²) in [6.45, 7) is 3.89. The van der Waals surface area contributed by atoms with Crippen LogP contribution in [0.2, 0.25) is 0 Å². The van der Waals surface area contributed by atoms with Gasteiger partial charge in [0.1, 0.15) is 19.8 Å². The Morgan fingerprint density at radius 2 is 0.724 bits per heavy atom. The molecule has 0 aliphatic heterocycles. The molecule has 0 fully saturated rings. The fourth-order valence-corrected chi connectivity index (χ4v) is 7.59. The van der Waals surface area contributed by atoms with Crippen LogP contribution in [-0.4, -0.2) is 70.0 Å². The summed E-state index contributed by atoms with van der Waals surface area (Å²) >= 11 is 0. The lowest BCUT2D eigenvalue weighted by Gasteiger charge is -2.28. The van der Waals surface area contributed by atoms with Crippen molar-refractivity contribution in [2.24, 2.45) is 0 Å². The van der Waals surface area contributed by atoms with Crippen molar-refractivity contribution in [2.75, 3.05) is 47.5 Å². The fourth-order valence-electron chi connectivity index (χ4n) is 6.86. The Bertz CT molecular complexity index is 1880. The molecule has 0 N–H and O–H groups in total. The van der Waals surface area contributed by atoms with Crippen LogP contribution in [0.3, 0.4) is 0 Å². The molecule has 0 aromatic heterocycles. The van der Waals surface area contributed by atoms with Crippen molar-refractivity contribution in [1.82, 2.24) is 0 Å². The minimum atomic E-state index is -4.67. The molecule has 0 amide bonds. The number of likely N-dealkylation sites (N-methyl/N-ethyl adjacent to an activating group) is 1. The molecular weight excluding hydrogens is 966 g/mol.